The molecule has 0 radical (unpaired) electrons. The van der Waals surface area contributed by atoms with E-state index in [9.17, 15) is 0 Å². The van der Waals surface area contributed by atoms with Gasteiger partial charge in [-0.3, -0.25) is 4.79 Å². The molecule has 1 aliphatic rings. The maximum Gasteiger partial charge on any atom is 0.292 e. The van der Waals surface area contributed by atoms with Crippen LogP contribution >= 0.6 is 0 Å². The molecule has 0 amide bonds. The molecule has 0 saturated carbocycles. The zero-order valence-corrected chi connectivity index (χ0v) is 17.2. The highest BCUT2D eigenvalue weighted by molar-refractivity contribution is 5.89. The molecule has 162 valence electrons. The summed E-state index contributed by atoms with van der Waals surface area (Å²) in [6, 6.07) is 9.98. The van der Waals surface area contributed by atoms with Crippen LogP contribution in [0.3, 0.4) is 0 Å². The molecule has 1 aliphatic heterocycles. The maximum atomic E-state index is 8.36. The van der Waals surface area contributed by atoms with Crippen LogP contribution in [0.15, 0.2) is 34.7 Å². The lowest BCUT2D eigenvalue weighted by atomic mass is 10.2. The molecule has 9 heteroatoms. The SMILES string of the molecule is CCCOc1cc2c3c(c1)nc(-c1ccc4oc(N)nc4c1)n3CCCCO2.O=CO. The second-order valence-corrected chi connectivity index (χ2v) is 7.12. The quantitative estimate of drug-likeness (QED) is 0.469. The average Bonchev–Trinajstić information content (AvgIpc) is 3.29. The first kappa shape index (κ1) is 20.5. The summed E-state index contributed by atoms with van der Waals surface area (Å²) in [4.78, 5) is 17.5. The molecule has 0 spiro atoms. The average molecular weight is 424 g/mol. The van der Waals surface area contributed by atoms with E-state index in [4.69, 9.17) is 34.5 Å². The van der Waals surface area contributed by atoms with Gasteiger partial charge in [0, 0.05) is 24.2 Å². The first-order valence-electron chi connectivity index (χ1n) is 10.2. The van der Waals surface area contributed by atoms with Gasteiger partial charge in [0.1, 0.15) is 28.4 Å². The molecule has 2 aromatic heterocycles. The third-order valence-electron chi connectivity index (χ3n) is 4.95. The Morgan fingerprint density at radius 2 is 2.06 bits per heavy atom. The van der Waals surface area contributed by atoms with Gasteiger partial charge >= 0.3 is 0 Å². The number of nitrogens with zero attached hydrogens (tertiary/aromatic N) is 3. The smallest absolute Gasteiger partial charge is 0.292 e. The van der Waals surface area contributed by atoms with Crippen LogP contribution in [0.1, 0.15) is 26.2 Å². The molecule has 4 aromatic rings. The number of benzene rings is 2. The monoisotopic (exact) mass is 424 g/mol. The largest absolute Gasteiger partial charge is 0.493 e. The van der Waals surface area contributed by atoms with Gasteiger partial charge in [0.05, 0.1) is 18.7 Å². The van der Waals surface area contributed by atoms with Crippen molar-refractivity contribution in [2.75, 3.05) is 18.9 Å². The number of carboxylic acid groups (broad SMARTS) is 1. The van der Waals surface area contributed by atoms with Crippen LogP contribution in [0.25, 0.3) is 33.5 Å². The van der Waals surface area contributed by atoms with E-state index in [1.807, 2.05) is 30.3 Å². The molecule has 0 saturated heterocycles. The molecule has 31 heavy (non-hydrogen) atoms. The minimum Gasteiger partial charge on any atom is -0.493 e. The minimum absolute atomic E-state index is 0.170. The summed E-state index contributed by atoms with van der Waals surface area (Å²) in [5.74, 6) is 2.51. The van der Waals surface area contributed by atoms with E-state index >= 15 is 0 Å². The minimum atomic E-state index is -0.250. The zero-order valence-electron chi connectivity index (χ0n) is 17.2. The molecule has 9 nitrogen and oxygen atoms in total. The molecule has 0 bridgehead atoms. The zero-order chi connectivity index (χ0) is 21.8. The second kappa shape index (κ2) is 8.95. The van der Waals surface area contributed by atoms with Crippen molar-refractivity contribution in [3.63, 3.8) is 0 Å². The summed E-state index contributed by atoms with van der Waals surface area (Å²) in [5, 5.41) is 6.89. The third-order valence-corrected chi connectivity index (χ3v) is 4.95. The Kier molecular flexibility index (Phi) is 5.92. The number of oxazole rings is 1. The summed E-state index contributed by atoms with van der Waals surface area (Å²) in [7, 11) is 0. The number of rotatable bonds is 4. The highest BCUT2D eigenvalue weighted by atomic mass is 16.5. The van der Waals surface area contributed by atoms with Crippen molar-refractivity contribution in [1.29, 1.82) is 0 Å². The fourth-order valence-corrected chi connectivity index (χ4v) is 3.70. The molecule has 2 aromatic carbocycles. The van der Waals surface area contributed by atoms with Gasteiger partial charge in [-0.2, -0.15) is 4.98 Å². The van der Waals surface area contributed by atoms with Crippen LogP contribution in [-0.2, 0) is 11.3 Å². The highest BCUT2D eigenvalue weighted by Gasteiger charge is 2.20. The van der Waals surface area contributed by atoms with Crippen molar-refractivity contribution in [3.8, 4) is 22.9 Å². The van der Waals surface area contributed by atoms with Gasteiger partial charge in [-0.05, 0) is 37.5 Å². The molecule has 0 unspecified atom stereocenters. The van der Waals surface area contributed by atoms with Crippen molar-refractivity contribution < 1.29 is 23.8 Å². The number of nitrogen functional groups attached to an aromatic ring is 1. The Bertz CT molecular complexity index is 1210. The van der Waals surface area contributed by atoms with Crippen LogP contribution in [0.4, 0.5) is 6.01 Å². The fraction of sp³-hybridized carbons (Fsp3) is 0.318. The predicted molar refractivity (Wildman–Crippen MR) is 116 cm³/mol. The van der Waals surface area contributed by atoms with Gasteiger partial charge in [0.2, 0.25) is 0 Å². The number of nitrogens with two attached hydrogens (primary N) is 1. The summed E-state index contributed by atoms with van der Waals surface area (Å²) in [5.41, 5.74) is 9.95. The van der Waals surface area contributed by atoms with Crippen LogP contribution in [0, 0.1) is 0 Å². The first-order chi connectivity index (χ1) is 15.1. The van der Waals surface area contributed by atoms with Crippen molar-refractivity contribution in [2.45, 2.75) is 32.7 Å². The Morgan fingerprint density at radius 3 is 2.87 bits per heavy atom. The maximum absolute atomic E-state index is 8.36. The summed E-state index contributed by atoms with van der Waals surface area (Å²) in [6.45, 7) is 4.10. The number of hydrogen-bond donors (Lipinski definition) is 2. The van der Waals surface area contributed by atoms with Gasteiger partial charge < -0.3 is 29.3 Å². The number of carbonyl (C=O) groups is 1. The Labute approximate surface area is 178 Å². The standard InChI is InChI=1S/C21H22N4O3.CH2O2/c1-2-8-26-14-11-16-19-18(12-14)27-9-4-3-7-25(19)20(23-16)13-5-6-17-15(10-13)24-21(22)28-17;2-1-3/h5-6,10-12H,2-4,7-9H2,1H3,(H2,22,24);1H,(H,2,3). The Morgan fingerprint density at radius 1 is 1.23 bits per heavy atom. The van der Waals surface area contributed by atoms with E-state index in [2.05, 4.69) is 16.5 Å². The van der Waals surface area contributed by atoms with Crippen molar-refractivity contribution in [3.05, 3.63) is 30.3 Å². The lowest BCUT2D eigenvalue weighted by molar-refractivity contribution is -0.122. The van der Waals surface area contributed by atoms with Crippen LogP contribution < -0.4 is 15.2 Å². The lowest BCUT2D eigenvalue weighted by Crippen LogP contribution is -2.09. The summed E-state index contributed by atoms with van der Waals surface area (Å²) < 4.78 is 19.5. The summed E-state index contributed by atoms with van der Waals surface area (Å²) in [6.07, 6.45) is 2.98. The van der Waals surface area contributed by atoms with Crippen molar-refractivity contribution in [2.24, 2.45) is 0 Å². The first-order valence-corrected chi connectivity index (χ1v) is 10.2. The molecular weight excluding hydrogens is 400 g/mol. The number of anilines is 1. The Balaban J connectivity index is 0.000000730. The number of ether oxygens (including phenoxy) is 2. The fourth-order valence-electron chi connectivity index (χ4n) is 3.70. The number of hydrogen-bond acceptors (Lipinski definition) is 7. The van der Waals surface area contributed by atoms with E-state index in [1.54, 1.807) is 0 Å². The van der Waals surface area contributed by atoms with Crippen molar-refractivity contribution >= 4 is 34.6 Å². The number of fused-ring (bicyclic) bond motifs is 1. The normalized spacial score (nSPS) is 13.1. The molecule has 5 rings (SSSR count). The van der Waals surface area contributed by atoms with Gasteiger partial charge in [-0.1, -0.05) is 6.92 Å². The van der Waals surface area contributed by atoms with E-state index < -0.39 is 0 Å². The predicted octanol–water partition coefficient (Wildman–Crippen LogP) is 4.09. The summed E-state index contributed by atoms with van der Waals surface area (Å²) >= 11 is 0. The Hall–Kier alpha value is -3.75. The van der Waals surface area contributed by atoms with Crippen LogP contribution in [0.5, 0.6) is 11.5 Å². The van der Waals surface area contributed by atoms with Gasteiger partial charge in [-0.25, -0.2) is 4.98 Å². The number of aromatic nitrogens is 3. The van der Waals surface area contributed by atoms with Crippen LogP contribution in [0.2, 0.25) is 0 Å². The lowest BCUT2D eigenvalue weighted by Gasteiger charge is -2.17. The molecule has 0 atom stereocenters. The van der Waals surface area contributed by atoms with Crippen LogP contribution in [-0.4, -0.2) is 39.3 Å². The molecule has 0 aliphatic carbocycles. The van der Waals surface area contributed by atoms with Gasteiger partial charge in [-0.15, -0.1) is 0 Å². The molecular formula is C22H24N4O5. The molecule has 3 heterocycles. The third kappa shape index (κ3) is 4.11. The molecule has 0 fully saturated rings. The van der Waals surface area contributed by atoms with Gasteiger partial charge in [0.25, 0.3) is 12.5 Å². The number of aryl methyl sites for hydroxylation is 1. The van der Waals surface area contributed by atoms with E-state index in [0.717, 1.165) is 65.2 Å². The van der Waals surface area contributed by atoms with Crippen molar-refractivity contribution in [1.82, 2.24) is 14.5 Å². The van der Waals surface area contributed by atoms with E-state index in [1.165, 1.54) is 0 Å². The molecule has 3 N–H and O–H groups in total. The van der Waals surface area contributed by atoms with Gasteiger partial charge in [0.15, 0.2) is 5.58 Å². The van der Waals surface area contributed by atoms with E-state index in [0.29, 0.717) is 18.8 Å². The van der Waals surface area contributed by atoms with E-state index in [-0.39, 0.29) is 12.5 Å². The highest BCUT2D eigenvalue weighted by Crippen LogP contribution is 2.37. The second-order valence-electron chi connectivity index (χ2n) is 7.12. The topological polar surface area (TPSA) is 126 Å². The number of imidazole rings is 1.